The van der Waals surface area contributed by atoms with E-state index in [1.165, 1.54) is 36.4 Å². The van der Waals surface area contributed by atoms with Crippen molar-refractivity contribution in [3.63, 3.8) is 0 Å². The highest BCUT2D eigenvalue weighted by Crippen LogP contribution is 2.27. The topological polar surface area (TPSA) is 349 Å². The van der Waals surface area contributed by atoms with Gasteiger partial charge in [-0.2, -0.15) is 0 Å². The van der Waals surface area contributed by atoms with Gasteiger partial charge in [0, 0.05) is 111 Å². The number of amides is 8. The number of unbranched alkanes of at least 4 members (excludes halogenated alkanes) is 2. The summed E-state index contributed by atoms with van der Waals surface area (Å²) in [5, 5.41) is 67.1. The van der Waals surface area contributed by atoms with E-state index in [0.29, 0.717) is 32.4 Å². The summed E-state index contributed by atoms with van der Waals surface area (Å²) in [4.78, 5) is 113. The third-order valence-corrected chi connectivity index (χ3v) is 13.5. The Kier molecular flexibility index (Phi) is 22.4. The van der Waals surface area contributed by atoms with E-state index >= 15 is 0 Å². The van der Waals surface area contributed by atoms with Crippen molar-refractivity contribution in [3.05, 3.63) is 105 Å². The molecule has 2 aromatic carbocycles. The Morgan fingerprint density at radius 2 is 0.922 bits per heavy atom. The quantitative estimate of drug-likeness (QED) is 0.131. The van der Waals surface area contributed by atoms with Crippen LogP contribution < -0.4 is 48.3 Å². The van der Waals surface area contributed by atoms with Crippen LogP contribution in [0.15, 0.2) is 82.4 Å². The molecular formula is C53H72N12O12. The van der Waals surface area contributed by atoms with Crippen molar-refractivity contribution in [1.82, 2.24) is 57.2 Å². The van der Waals surface area contributed by atoms with Crippen molar-refractivity contribution in [2.75, 3.05) is 118 Å². The summed E-state index contributed by atoms with van der Waals surface area (Å²) in [6.07, 6.45) is 6.36. The number of nitrogens with one attached hydrogen (secondary N) is 8. The lowest BCUT2D eigenvalue weighted by molar-refractivity contribution is -0.119. The average molecular weight is 1070 g/mol. The van der Waals surface area contributed by atoms with Gasteiger partial charge in [0.05, 0.1) is 44.5 Å². The first kappa shape index (κ1) is 58.5. The Bertz CT molecular complexity index is 2650. The van der Waals surface area contributed by atoms with Crippen LogP contribution in [0, 0.1) is 0 Å². The summed E-state index contributed by atoms with van der Waals surface area (Å²) in [7, 11) is 0. The molecule has 0 radical (unpaired) electrons. The zero-order chi connectivity index (χ0) is 55.3. The summed E-state index contributed by atoms with van der Waals surface area (Å²) in [6, 6.07) is 8.53. The maximum atomic E-state index is 13.7. The minimum absolute atomic E-state index is 0.0224. The molecule has 24 nitrogen and oxygen atoms in total. The Morgan fingerprint density at radius 1 is 0.494 bits per heavy atom. The van der Waals surface area contributed by atoms with Crippen molar-refractivity contribution < 1.29 is 58.8 Å². The van der Waals surface area contributed by atoms with E-state index in [4.69, 9.17) is 5.73 Å². The normalized spacial score (nSPS) is 20.5. The Balaban J connectivity index is 1.27. The highest BCUT2D eigenvalue weighted by molar-refractivity contribution is 6.06. The second-order valence-electron chi connectivity index (χ2n) is 18.8. The number of phenols is 2. The van der Waals surface area contributed by atoms with Crippen LogP contribution in [-0.4, -0.2) is 200 Å². The van der Waals surface area contributed by atoms with E-state index in [1.807, 2.05) is 14.7 Å². The molecule has 5 aliphatic rings. The molecule has 2 atom stereocenters. The number of rotatable bonds is 10. The number of nitrogens with zero attached hydrogens (tertiary/aromatic N) is 3. The predicted octanol–water partition coefficient (Wildman–Crippen LogP) is -0.691. The lowest BCUT2D eigenvalue weighted by atomic mass is 9.96. The second kappa shape index (κ2) is 29.5. The third kappa shape index (κ3) is 16.6. The average Bonchev–Trinajstić information content (AvgIpc) is 3.41. The Labute approximate surface area is 446 Å². The molecule has 0 spiro atoms. The number of aromatic hydroxyl groups is 2. The highest BCUT2D eigenvalue weighted by atomic mass is 16.3. The maximum absolute atomic E-state index is 13.7. The van der Waals surface area contributed by atoms with Gasteiger partial charge >= 0.3 is 0 Å². The maximum Gasteiger partial charge on any atom is 0.255 e. The van der Waals surface area contributed by atoms with Crippen LogP contribution in [0.4, 0.5) is 0 Å². The number of carbonyl (C=O) groups excluding carboxylic acids is 8. The fourth-order valence-electron chi connectivity index (χ4n) is 9.15. The van der Waals surface area contributed by atoms with Crippen LogP contribution in [-0.2, 0) is 19.2 Å². The Morgan fingerprint density at radius 3 is 1.42 bits per heavy atom. The lowest BCUT2D eigenvalue weighted by Crippen LogP contribution is -2.46. The molecule has 7 rings (SSSR count). The van der Waals surface area contributed by atoms with E-state index in [-0.39, 0.29) is 162 Å². The molecule has 24 heteroatoms. The molecule has 416 valence electrons. The number of nitrogens with two attached hydrogens (primary N) is 1. The monoisotopic (exact) mass is 1070 g/mol. The molecule has 0 aromatic heterocycles. The standard InChI is InChI=1S/C53H72N12O12/c54-16-2-1-3-17-55-46(70)34-8-4-9-35(42(34)66)50(74)59-21-28-64-29-22-60-51(75)39-13-5-10-36(43(39)67)47(71)56-18-25-63-26-19-57-48(72)37-11-6-14-40(44(37)68)52(76)61-23-30-65(33-32-64)31-24-62-53(77)41-15-7-12-38(45(41)69)49(73)58-20-27-63/h4,6,8-12,14,66-69H,1-3,5,7,13,15-33,54H2,(H,55,70)(H,56,71)(H,57,72)(H,58,73)(H,59,74)(H,60,75)(H,61,76)(H,62,77). The number of allylic oxidation sites excluding steroid dienone is 2. The first-order valence-electron chi connectivity index (χ1n) is 26.2. The van der Waals surface area contributed by atoms with E-state index in [2.05, 4.69) is 42.5 Å². The summed E-state index contributed by atoms with van der Waals surface area (Å²) in [5.74, 6) is -6.82. The fraction of sp³-hybridized carbons (Fsp3) is 0.472. The Hall–Kier alpha value is -7.80. The summed E-state index contributed by atoms with van der Waals surface area (Å²) >= 11 is 0. The van der Waals surface area contributed by atoms with Gasteiger partial charge in [-0.1, -0.05) is 30.7 Å². The molecule has 14 N–H and O–H groups in total. The number of hydrogen-bond donors (Lipinski definition) is 13. The second-order valence-corrected chi connectivity index (χ2v) is 18.8. The molecule has 8 amide bonds. The number of phenolic OH excluding ortho intramolecular Hbond substituents is 2. The van der Waals surface area contributed by atoms with Crippen molar-refractivity contribution >= 4 is 47.3 Å². The van der Waals surface area contributed by atoms with Crippen molar-refractivity contribution in [2.45, 2.75) is 44.9 Å². The van der Waals surface area contributed by atoms with Crippen LogP contribution in [0.5, 0.6) is 11.5 Å². The van der Waals surface area contributed by atoms with E-state index < -0.39 is 70.3 Å². The predicted molar refractivity (Wildman–Crippen MR) is 284 cm³/mol. The van der Waals surface area contributed by atoms with Gasteiger partial charge in [0.2, 0.25) is 0 Å². The van der Waals surface area contributed by atoms with Crippen LogP contribution in [0.3, 0.4) is 0 Å². The summed E-state index contributed by atoms with van der Waals surface area (Å²) in [5.41, 5.74) is 5.01. The number of para-hydroxylation sites is 2. The molecule has 2 aliphatic carbocycles. The largest absolute Gasteiger partial charge is 0.507 e. The van der Waals surface area contributed by atoms with Gasteiger partial charge in [0.25, 0.3) is 47.3 Å². The number of aliphatic hydroxyl groups is 2. The molecule has 0 fully saturated rings. The van der Waals surface area contributed by atoms with Crippen molar-refractivity contribution in [1.29, 1.82) is 0 Å². The number of benzene rings is 2. The van der Waals surface area contributed by atoms with Crippen LogP contribution >= 0.6 is 0 Å². The lowest BCUT2D eigenvalue weighted by Gasteiger charge is -2.28. The van der Waals surface area contributed by atoms with Gasteiger partial charge in [-0.3, -0.25) is 53.1 Å². The van der Waals surface area contributed by atoms with Gasteiger partial charge in [-0.05, 0) is 69.3 Å². The highest BCUT2D eigenvalue weighted by Gasteiger charge is 2.28. The van der Waals surface area contributed by atoms with Gasteiger partial charge in [-0.15, -0.1) is 0 Å². The van der Waals surface area contributed by atoms with E-state index in [0.717, 1.165) is 12.8 Å². The molecule has 2 unspecified atom stereocenters. The smallest absolute Gasteiger partial charge is 0.255 e. The number of carbonyl (C=O) groups is 8. The molecule has 3 aliphatic heterocycles. The van der Waals surface area contributed by atoms with E-state index in [9.17, 15) is 58.8 Å². The first-order chi connectivity index (χ1) is 37.2. The molecule has 3 heterocycles. The van der Waals surface area contributed by atoms with Crippen molar-refractivity contribution in [2.24, 2.45) is 5.73 Å². The van der Waals surface area contributed by atoms with Gasteiger partial charge in [0.1, 0.15) is 23.0 Å². The van der Waals surface area contributed by atoms with Crippen LogP contribution in [0.2, 0.25) is 0 Å². The third-order valence-electron chi connectivity index (χ3n) is 13.5. The molecule has 0 saturated heterocycles. The number of fused-ring (bicyclic) bond motifs is 21. The number of aliphatic hydroxyl groups excluding tert-OH is 2. The van der Waals surface area contributed by atoms with Gasteiger partial charge < -0.3 is 68.7 Å². The fourth-order valence-corrected chi connectivity index (χ4v) is 9.15. The van der Waals surface area contributed by atoms with E-state index in [1.54, 1.807) is 12.2 Å². The molecule has 8 bridgehead atoms. The molecule has 77 heavy (non-hydrogen) atoms. The minimum Gasteiger partial charge on any atom is -0.507 e. The van der Waals surface area contributed by atoms with Gasteiger partial charge in [-0.25, -0.2) is 0 Å². The first-order valence-corrected chi connectivity index (χ1v) is 26.2. The van der Waals surface area contributed by atoms with Crippen LogP contribution in [0.25, 0.3) is 0 Å². The minimum atomic E-state index is -0.659. The summed E-state index contributed by atoms with van der Waals surface area (Å²) in [6.45, 7) is 3.20. The number of hydrogen-bond acceptors (Lipinski definition) is 16. The summed E-state index contributed by atoms with van der Waals surface area (Å²) < 4.78 is 0. The van der Waals surface area contributed by atoms with Gasteiger partial charge in [0.15, 0.2) is 0 Å². The van der Waals surface area contributed by atoms with Crippen molar-refractivity contribution in [3.8, 4) is 11.5 Å². The zero-order valence-electron chi connectivity index (χ0n) is 43.3. The zero-order valence-corrected chi connectivity index (χ0v) is 43.3. The molecule has 2 aromatic rings. The van der Waals surface area contributed by atoms with Crippen LogP contribution in [0.1, 0.15) is 86.4 Å². The SMILES string of the molecule is NCCCCCNC(=O)c1cccc(C(=O)NCCN2CCNC(=O)C3=C(O)C(=CCC3)C(=O)NCCN3CCNC(=O)C4=CCCC(=C4O)C(=O)NCCN(CCNC(=O)c4cccc(c4O)C(=O)NCC3)CC2)c1O. The molecular weight excluding hydrogens is 997 g/mol. The molecule has 0 saturated carbocycles.